The molecule has 2 heterocycles. The van der Waals surface area contributed by atoms with Gasteiger partial charge in [-0.05, 0) is 12.1 Å². The van der Waals surface area contributed by atoms with Crippen LogP contribution < -0.4 is 15.8 Å². The molecule has 1 N–H and O–H groups in total. The van der Waals surface area contributed by atoms with Crippen molar-refractivity contribution in [2.45, 2.75) is 13.0 Å². The van der Waals surface area contributed by atoms with Crippen molar-refractivity contribution in [3.63, 3.8) is 0 Å². The first kappa shape index (κ1) is 19.0. The number of aromatic nitrogens is 2. The fourth-order valence-corrected chi connectivity index (χ4v) is 2.95. The number of nitrogens with zero attached hydrogens (tertiary/aromatic N) is 4. The summed E-state index contributed by atoms with van der Waals surface area (Å²) >= 11 is 0. The summed E-state index contributed by atoms with van der Waals surface area (Å²) in [6.45, 7) is 2.14. The van der Waals surface area contributed by atoms with Crippen molar-refractivity contribution >= 4 is 17.3 Å². The predicted molar refractivity (Wildman–Crippen MR) is 98.2 cm³/mol. The van der Waals surface area contributed by atoms with Crippen LogP contribution in [0.4, 0.5) is 20.2 Å². The van der Waals surface area contributed by atoms with E-state index in [9.17, 15) is 18.4 Å². The van der Waals surface area contributed by atoms with E-state index in [2.05, 4.69) is 10.4 Å². The van der Waals surface area contributed by atoms with Crippen molar-refractivity contribution in [3.05, 3.63) is 52.9 Å². The second kappa shape index (κ2) is 8.72. The molecular formula is C18H21F2N5O2. The van der Waals surface area contributed by atoms with Gasteiger partial charge < -0.3 is 10.2 Å². The van der Waals surface area contributed by atoms with Gasteiger partial charge in [0.25, 0.3) is 12.0 Å². The molecule has 9 heteroatoms. The van der Waals surface area contributed by atoms with Gasteiger partial charge in [-0.15, -0.1) is 0 Å². The van der Waals surface area contributed by atoms with E-state index in [1.165, 1.54) is 12.3 Å². The van der Waals surface area contributed by atoms with E-state index in [-0.39, 0.29) is 12.5 Å². The Morgan fingerprint density at radius 1 is 1.15 bits per heavy atom. The smallest absolute Gasteiger partial charge is 0.269 e. The first-order valence-electron chi connectivity index (χ1n) is 8.69. The topological polar surface area (TPSA) is 70.5 Å². The first-order valence-corrected chi connectivity index (χ1v) is 8.69. The molecule has 1 aliphatic heterocycles. The lowest BCUT2D eigenvalue weighted by atomic mass is 10.2. The summed E-state index contributed by atoms with van der Waals surface area (Å²) in [7, 11) is 0. The number of piperazine rings is 1. The Morgan fingerprint density at radius 3 is 2.48 bits per heavy atom. The fraction of sp³-hybridized carbons (Fsp3) is 0.389. The Hall–Kier alpha value is -2.81. The molecule has 0 atom stereocenters. The molecule has 1 aliphatic rings. The minimum Gasteiger partial charge on any atom is -0.368 e. The molecule has 27 heavy (non-hydrogen) atoms. The molecule has 1 saturated heterocycles. The van der Waals surface area contributed by atoms with E-state index in [0.717, 1.165) is 10.4 Å². The minimum absolute atomic E-state index is 0.0779. The molecule has 1 amide bonds. The molecular weight excluding hydrogens is 356 g/mol. The lowest BCUT2D eigenvalue weighted by Gasteiger charge is -2.35. The SMILES string of the molecule is O=C(CN1CCN(c2cnn(CC(F)F)c(=O)c2)CC1)Nc1ccccc1. The van der Waals surface area contributed by atoms with Gasteiger partial charge in [0.15, 0.2) is 0 Å². The van der Waals surface area contributed by atoms with Gasteiger partial charge in [0.1, 0.15) is 6.54 Å². The summed E-state index contributed by atoms with van der Waals surface area (Å²) in [5.74, 6) is -0.0779. The number of amides is 1. The van der Waals surface area contributed by atoms with Crippen LogP contribution in [-0.4, -0.2) is 59.7 Å². The summed E-state index contributed by atoms with van der Waals surface area (Å²) in [6, 6.07) is 10.6. The molecule has 0 unspecified atom stereocenters. The second-order valence-corrected chi connectivity index (χ2v) is 6.30. The Bertz CT molecular complexity index is 820. The molecule has 1 fully saturated rings. The molecule has 0 saturated carbocycles. The number of hydrogen-bond acceptors (Lipinski definition) is 5. The number of halogens is 2. The Balaban J connectivity index is 1.50. The quantitative estimate of drug-likeness (QED) is 0.821. The van der Waals surface area contributed by atoms with E-state index < -0.39 is 18.5 Å². The number of benzene rings is 1. The molecule has 1 aromatic heterocycles. The highest BCUT2D eigenvalue weighted by Crippen LogP contribution is 2.13. The lowest BCUT2D eigenvalue weighted by molar-refractivity contribution is -0.117. The van der Waals surface area contributed by atoms with E-state index in [0.29, 0.717) is 31.9 Å². The van der Waals surface area contributed by atoms with Gasteiger partial charge >= 0.3 is 0 Å². The highest BCUT2D eigenvalue weighted by molar-refractivity contribution is 5.92. The summed E-state index contributed by atoms with van der Waals surface area (Å²) in [5, 5.41) is 6.66. The molecule has 0 aliphatic carbocycles. The van der Waals surface area contributed by atoms with E-state index in [1.807, 2.05) is 40.1 Å². The van der Waals surface area contributed by atoms with Crippen LogP contribution in [0.1, 0.15) is 0 Å². The van der Waals surface area contributed by atoms with Crippen molar-refractivity contribution in [2.24, 2.45) is 0 Å². The van der Waals surface area contributed by atoms with Crippen LogP contribution in [0.25, 0.3) is 0 Å². The number of carbonyl (C=O) groups excluding carboxylic acids is 1. The van der Waals surface area contributed by atoms with Crippen molar-refractivity contribution < 1.29 is 13.6 Å². The molecule has 3 rings (SSSR count). The van der Waals surface area contributed by atoms with Crippen molar-refractivity contribution in [3.8, 4) is 0 Å². The van der Waals surface area contributed by atoms with Crippen LogP contribution in [0.5, 0.6) is 0 Å². The zero-order chi connectivity index (χ0) is 19.2. The van der Waals surface area contributed by atoms with E-state index in [1.54, 1.807) is 0 Å². The standard InChI is InChI=1S/C18H21F2N5O2/c19-16(20)12-25-18(27)10-15(11-21-25)24-8-6-23(7-9-24)13-17(26)22-14-4-2-1-3-5-14/h1-5,10-11,16H,6-9,12-13H2,(H,22,26). The molecule has 0 bridgehead atoms. The number of nitrogens with one attached hydrogen (secondary N) is 1. The molecule has 7 nitrogen and oxygen atoms in total. The molecule has 144 valence electrons. The fourth-order valence-electron chi connectivity index (χ4n) is 2.95. The maximum absolute atomic E-state index is 12.4. The Kier molecular flexibility index (Phi) is 6.12. The van der Waals surface area contributed by atoms with Crippen molar-refractivity contribution in [1.29, 1.82) is 0 Å². The highest BCUT2D eigenvalue weighted by atomic mass is 19.3. The number of para-hydroxylation sites is 1. The average molecular weight is 377 g/mol. The van der Waals surface area contributed by atoms with Crippen LogP contribution in [0.3, 0.4) is 0 Å². The van der Waals surface area contributed by atoms with E-state index in [4.69, 9.17) is 0 Å². The average Bonchev–Trinajstić information content (AvgIpc) is 2.64. The third kappa shape index (κ3) is 5.33. The van der Waals surface area contributed by atoms with Gasteiger partial charge in [0.05, 0.1) is 18.4 Å². The highest BCUT2D eigenvalue weighted by Gasteiger charge is 2.20. The van der Waals surface area contributed by atoms with Crippen LogP contribution in [0, 0.1) is 0 Å². The van der Waals surface area contributed by atoms with Crippen LogP contribution in [0.2, 0.25) is 0 Å². The molecule has 0 radical (unpaired) electrons. The summed E-state index contributed by atoms with van der Waals surface area (Å²) < 4.78 is 25.5. The number of rotatable bonds is 6. The van der Waals surface area contributed by atoms with Crippen molar-refractivity contribution in [2.75, 3.05) is 42.9 Å². The maximum atomic E-state index is 12.4. The normalized spacial score (nSPS) is 15.1. The zero-order valence-corrected chi connectivity index (χ0v) is 14.7. The molecule has 1 aromatic carbocycles. The van der Waals surface area contributed by atoms with Gasteiger partial charge in [0.2, 0.25) is 5.91 Å². The van der Waals surface area contributed by atoms with Gasteiger partial charge in [0, 0.05) is 37.9 Å². The number of alkyl halides is 2. The summed E-state index contributed by atoms with van der Waals surface area (Å²) in [4.78, 5) is 28.0. The van der Waals surface area contributed by atoms with Crippen LogP contribution in [0.15, 0.2) is 47.4 Å². The largest absolute Gasteiger partial charge is 0.368 e. The van der Waals surface area contributed by atoms with Gasteiger partial charge in [-0.3, -0.25) is 14.5 Å². The number of anilines is 2. The van der Waals surface area contributed by atoms with Crippen LogP contribution >= 0.6 is 0 Å². The Morgan fingerprint density at radius 2 is 1.85 bits per heavy atom. The molecule has 2 aromatic rings. The summed E-state index contributed by atoms with van der Waals surface area (Å²) in [5.41, 5.74) is 0.827. The van der Waals surface area contributed by atoms with E-state index >= 15 is 0 Å². The van der Waals surface area contributed by atoms with Gasteiger partial charge in [-0.2, -0.15) is 5.10 Å². The number of carbonyl (C=O) groups is 1. The lowest BCUT2D eigenvalue weighted by Crippen LogP contribution is -2.49. The van der Waals surface area contributed by atoms with Gasteiger partial charge in [-0.25, -0.2) is 13.5 Å². The van der Waals surface area contributed by atoms with Crippen LogP contribution in [-0.2, 0) is 11.3 Å². The maximum Gasteiger partial charge on any atom is 0.269 e. The van der Waals surface area contributed by atoms with Crippen molar-refractivity contribution in [1.82, 2.24) is 14.7 Å². The van der Waals surface area contributed by atoms with Gasteiger partial charge in [-0.1, -0.05) is 18.2 Å². The summed E-state index contributed by atoms with van der Waals surface area (Å²) in [6.07, 6.45) is -1.19. The molecule has 0 spiro atoms. The third-order valence-corrected chi connectivity index (χ3v) is 4.33. The third-order valence-electron chi connectivity index (χ3n) is 4.33. The zero-order valence-electron chi connectivity index (χ0n) is 14.7. The monoisotopic (exact) mass is 377 g/mol. The first-order chi connectivity index (χ1) is 13.0. The second-order valence-electron chi connectivity index (χ2n) is 6.30. The minimum atomic E-state index is -2.62. The Labute approximate surface area is 155 Å². The number of hydrogen-bond donors (Lipinski definition) is 1. The predicted octanol–water partition coefficient (Wildman–Crippen LogP) is 1.27.